The predicted octanol–water partition coefficient (Wildman–Crippen LogP) is 1.74. The van der Waals surface area contributed by atoms with Gasteiger partial charge < -0.3 is 5.11 Å². The number of thiol groups is 1. The first-order chi connectivity index (χ1) is 3.79. The molecular formula is C6H9OPS. The highest BCUT2D eigenvalue weighted by molar-refractivity contribution is 7.80. The van der Waals surface area contributed by atoms with Crippen LogP contribution < -0.4 is 0 Å². The van der Waals surface area contributed by atoms with Gasteiger partial charge in [-0.15, -0.1) is 12.6 Å². The number of phenolic OH excluding ortho intramolecular Hbond substituents is 1. The molecule has 1 aromatic rings. The Morgan fingerprint density at radius 1 is 1.11 bits per heavy atom. The number of rotatable bonds is 0. The molecule has 1 rings (SSSR count). The quantitative estimate of drug-likeness (QED) is 0.437. The summed E-state index contributed by atoms with van der Waals surface area (Å²) < 4.78 is 0. The minimum absolute atomic E-state index is 0. The van der Waals surface area contributed by atoms with Crippen LogP contribution in [0.1, 0.15) is 0 Å². The fourth-order valence-electron chi connectivity index (χ4n) is 0.453. The molecule has 0 radical (unpaired) electrons. The van der Waals surface area contributed by atoms with Gasteiger partial charge in [0, 0.05) is 4.90 Å². The minimum Gasteiger partial charge on any atom is -0.508 e. The Bertz CT molecular complexity index is 152. The van der Waals surface area contributed by atoms with Crippen molar-refractivity contribution >= 4 is 22.5 Å². The van der Waals surface area contributed by atoms with E-state index in [4.69, 9.17) is 5.11 Å². The standard InChI is InChI=1S/C6H6OS.H3P/c7-5-1-3-6(8)4-2-5;/h1-4,7-8H;1H3. The average Bonchev–Trinajstić information content (AvgIpc) is 1.77. The Balaban J connectivity index is 0.000000640. The Kier molecular flexibility index (Phi) is 3.67. The molecule has 3 heteroatoms. The molecule has 0 bridgehead atoms. The highest BCUT2D eigenvalue weighted by Gasteiger charge is 1.82. The van der Waals surface area contributed by atoms with Gasteiger partial charge in [0.25, 0.3) is 0 Å². The second-order valence-electron chi connectivity index (χ2n) is 1.52. The van der Waals surface area contributed by atoms with E-state index in [9.17, 15) is 0 Å². The van der Waals surface area contributed by atoms with E-state index in [2.05, 4.69) is 12.6 Å². The summed E-state index contributed by atoms with van der Waals surface area (Å²) in [5.41, 5.74) is 0. The SMILES string of the molecule is Oc1ccc(S)cc1.P. The topological polar surface area (TPSA) is 20.2 Å². The molecule has 0 saturated heterocycles. The Hall–Kier alpha value is -0.200. The highest BCUT2D eigenvalue weighted by Crippen LogP contribution is 2.11. The molecule has 1 N–H and O–H groups in total. The lowest BCUT2D eigenvalue weighted by Crippen LogP contribution is -1.62. The van der Waals surface area contributed by atoms with Gasteiger partial charge in [0.15, 0.2) is 0 Å². The van der Waals surface area contributed by atoms with Crippen molar-refractivity contribution in [3.05, 3.63) is 24.3 Å². The highest BCUT2D eigenvalue weighted by atomic mass is 32.1. The van der Waals surface area contributed by atoms with E-state index in [0.29, 0.717) is 0 Å². The van der Waals surface area contributed by atoms with Crippen molar-refractivity contribution in [2.75, 3.05) is 0 Å². The third-order valence-corrected chi connectivity index (χ3v) is 1.15. The molecule has 0 amide bonds. The number of benzene rings is 1. The van der Waals surface area contributed by atoms with E-state index < -0.39 is 0 Å². The van der Waals surface area contributed by atoms with Crippen molar-refractivity contribution in [1.82, 2.24) is 0 Å². The smallest absolute Gasteiger partial charge is 0.115 e. The molecule has 0 aliphatic heterocycles. The lowest BCUT2D eigenvalue weighted by molar-refractivity contribution is 0.475. The monoisotopic (exact) mass is 160 g/mol. The minimum atomic E-state index is 0. The molecule has 1 nitrogen and oxygen atoms in total. The van der Waals surface area contributed by atoms with Gasteiger partial charge in [-0.25, -0.2) is 0 Å². The van der Waals surface area contributed by atoms with Crippen LogP contribution in [0.25, 0.3) is 0 Å². The fraction of sp³-hybridized carbons (Fsp3) is 0. The first kappa shape index (κ1) is 8.80. The zero-order valence-corrected chi connectivity index (χ0v) is 7.22. The third-order valence-electron chi connectivity index (χ3n) is 0.850. The first-order valence-electron chi connectivity index (χ1n) is 2.27. The summed E-state index contributed by atoms with van der Waals surface area (Å²) in [6, 6.07) is 6.67. The largest absolute Gasteiger partial charge is 0.508 e. The van der Waals surface area contributed by atoms with Gasteiger partial charge >= 0.3 is 0 Å². The van der Waals surface area contributed by atoms with Gasteiger partial charge in [-0.3, -0.25) is 0 Å². The molecule has 0 aromatic heterocycles. The molecule has 1 atom stereocenters. The van der Waals surface area contributed by atoms with Crippen LogP contribution in [-0.4, -0.2) is 5.11 Å². The maximum absolute atomic E-state index is 8.72. The van der Waals surface area contributed by atoms with Crippen LogP contribution in [0.5, 0.6) is 5.75 Å². The summed E-state index contributed by atoms with van der Waals surface area (Å²) in [5.74, 6) is 0.280. The molecule has 50 valence electrons. The second-order valence-corrected chi connectivity index (χ2v) is 2.03. The molecule has 0 saturated carbocycles. The summed E-state index contributed by atoms with van der Waals surface area (Å²) in [7, 11) is 0. The van der Waals surface area contributed by atoms with Gasteiger partial charge in [-0.1, -0.05) is 0 Å². The average molecular weight is 160 g/mol. The first-order valence-corrected chi connectivity index (χ1v) is 2.72. The second kappa shape index (κ2) is 3.76. The van der Waals surface area contributed by atoms with Gasteiger partial charge in [-0.2, -0.15) is 9.90 Å². The summed E-state index contributed by atoms with van der Waals surface area (Å²) >= 11 is 4.02. The van der Waals surface area contributed by atoms with Crippen molar-refractivity contribution in [3.63, 3.8) is 0 Å². The summed E-state index contributed by atoms with van der Waals surface area (Å²) in [6.07, 6.45) is 0. The molecule has 0 aliphatic rings. The maximum atomic E-state index is 8.72. The zero-order chi connectivity index (χ0) is 5.98. The Morgan fingerprint density at radius 3 is 1.89 bits per heavy atom. The molecule has 1 unspecified atom stereocenters. The van der Waals surface area contributed by atoms with Gasteiger partial charge in [-0.05, 0) is 24.3 Å². The predicted molar refractivity (Wildman–Crippen MR) is 46.5 cm³/mol. The van der Waals surface area contributed by atoms with E-state index in [1.54, 1.807) is 24.3 Å². The van der Waals surface area contributed by atoms with E-state index in [-0.39, 0.29) is 15.6 Å². The number of hydrogen-bond donors (Lipinski definition) is 2. The van der Waals surface area contributed by atoms with Gasteiger partial charge in [0.1, 0.15) is 5.75 Å². The molecule has 0 heterocycles. The summed E-state index contributed by atoms with van der Waals surface area (Å²) in [6.45, 7) is 0. The third kappa shape index (κ3) is 2.73. The summed E-state index contributed by atoms with van der Waals surface area (Å²) in [5, 5.41) is 8.72. The van der Waals surface area contributed by atoms with Crippen molar-refractivity contribution in [2.24, 2.45) is 0 Å². The van der Waals surface area contributed by atoms with E-state index in [1.165, 1.54) is 0 Å². The molecule has 1 aromatic carbocycles. The van der Waals surface area contributed by atoms with Crippen LogP contribution in [0.15, 0.2) is 29.2 Å². The maximum Gasteiger partial charge on any atom is 0.115 e. The van der Waals surface area contributed by atoms with Gasteiger partial charge in [0.05, 0.1) is 0 Å². The van der Waals surface area contributed by atoms with E-state index >= 15 is 0 Å². The molecule has 0 spiro atoms. The van der Waals surface area contributed by atoms with Crippen molar-refractivity contribution in [1.29, 1.82) is 0 Å². The Labute approximate surface area is 63.1 Å². The van der Waals surface area contributed by atoms with Crippen molar-refractivity contribution < 1.29 is 5.11 Å². The molecule has 9 heavy (non-hydrogen) atoms. The number of hydrogen-bond acceptors (Lipinski definition) is 2. The van der Waals surface area contributed by atoms with E-state index in [1.807, 2.05) is 0 Å². The summed E-state index contributed by atoms with van der Waals surface area (Å²) in [4.78, 5) is 0.864. The normalized spacial score (nSPS) is 8.11. The van der Waals surface area contributed by atoms with Crippen molar-refractivity contribution in [2.45, 2.75) is 4.90 Å². The molecular weight excluding hydrogens is 151 g/mol. The van der Waals surface area contributed by atoms with E-state index in [0.717, 1.165) is 4.90 Å². The lowest BCUT2D eigenvalue weighted by atomic mass is 10.3. The van der Waals surface area contributed by atoms with Crippen LogP contribution in [0.3, 0.4) is 0 Å². The molecule has 0 aliphatic carbocycles. The zero-order valence-electron chi connectivity index (χ0n) is 4.91. The van der Waals surface area contributed by atoms with Crippen LogP contribution in [0.2, 0.25) is 0 Å². The molecule has 0 fully saturated rings. The van der Waals surface area contributed by atoms with Crippen molar-refractivity contribution in [3.8, 4) is 5.75 Å². The van der Waals surface area contributed by atoms with Crippen LogP contribution in [-0.2, 0) is 0 Å². The van der Waals surface area contributed by atoms with Gasteiger partial charge in [0.2, 0.25) is 0 Å². The van der Waals surface area contributed by atoms with Crippen LogP contribution in [0.4, 0.5) is 0 Å². The fourth-order valence-corrected chi connectivity index (χ4v) is 0.602. The van der Waals surface area contributed by atoms with Crippen LogP contribution >= 0.6 is 22.5 Å². The number of aromatic hydroxyl groups is 1. The Morgan fingerprint density at radius 2 is 1.56 bits per heavy atom. The number of phenols is 1. The van der Waals surface area contributed by atoms with Crippen LogP contribution in [0, 0.1) is 0 Å². The lowest BCUT2D eigenvalue weighted by Gasteiger charge is -1.88.